The Morgan fingerprint density at radius 3 is 1.52 bits per heavy atom. The number of hydrogen-bond donors (Lipinski definition) is 0. The quantitative estimate of drug-likeness (QED) is 0.157. The van der Waals surface area contributed by atoms with Gasteiger partial charge in [0.25, 0.3) is 0 Å². The van der Waals surface area contributed by atoms with Gasteiger partial charge in [-0.3, -0.25) is 0 Å². The van der Waals surface area contributed by atoms with Gasteiger partial charge in [0, 0.05) is 0 Å². The molecule has 0 fully saturated rings. The number of nitrogens with zero attached hydrogens (tertiary/aromatic N) is 3. The monoisotopic (exact) mass is 1010 g/mol. The zero-order chi connectivity index (χ0) is 49.3. The molecule has 0 N–H and O–H groups in total. The fourth-order valence-corrected chi connectivity index (χ4v) is 15.7. The summed E-state index contributed by atoms with van der Waals surface area (Å²) in [5.74, 6) is 0. The zero-order valence-electron chi connectivity index (χ0n) is 43.1. The fourth-order valence-electron chi connectivity index (χ4n) is 13.2. The van der Waals surface area contributed by atoms with Crippen molar-refractivity contribution in [2.24, 2.45) is 0 Å². The number of rotatable bonds is 5. The van der Waals surface area contributed by atoms with E-state index in [4.69, 9.17) is 0 Å². The number of aromatic nitrogens is 2. The van der Waals surface area contributed by atoms with Crippen molar-refractivity contribution in [3.05, 3.63) is 203 Å². The van der Waals surface area contributed by atoms with Gasteiger partial charge in [0.15, 0.2) is 0 Å². The van der Waals surface area contributed by atoms with E-state index in [9.17, 15) is 0 Å². The summed E-state index contributed by atoms with van der Waals surface area (Å²) in [6.07, 6.45) is 9.47. The molecule has 73 heavy (non-hydrogen) atoms. The molecular weight excluding hydrogens is 949 g/mol. The molecule has 3 nitrogen and oxygen atoms in total. The van der Waals surface area contributed by atoms with E-state index in [0.717, 1.165) is 25.7 Å². The molecule has 0 unspecified atom stereocenters. The Morgan fingerprint density at radius 2 is 0.945 bits per heavy atom. The summed E-state index contributed by atoms with van der Waals surface area (Å²) < 4.78 is 8.28. The number of fused-ring (bicyclic) bond motifs is 10. The third kappa shape index (κ3) is 7.13. The van der Waals surface area contributed by atoms with Crippen LogP contribution in [0.4, 0.5) is 17.1 Å². The Balaban J connectivity index is 1.11. The number of benzene rings is 8. The second kappa shape index (κ2) is 16.9. The molecule has 358 valence electrons. The molecule has 0 spiro atoms. The summed E-state index contributed by atoms with van der Waals surface area (Å²) >= 11 is 0.0841. The van der Waals surface area contributed by atoms with Crippen LogP contribution in [-0.2, 0) is 36.5 Å². The van der Waals surface area contributed by atoms with E-state index in [1.807, 2.05) is 0 Å². The molecule has 0 radical (unpaired) electrons. The molecule has 0 saturated carbocycles. The predicted octanol–water partition coefficient (Wildman–Crippen LogP) is 13.5. The normalized spacial score (nSPS) is 15.0. The van der Waals surface area contributed by atoms with Gasteiger partial charge in [0.2, 0.25) is 0 Å². The Hall–Kier alpha value is -6.78. The van der Waals surface area contributed by atoms with Crippen LogP contribution in [0.2, 0.25) is 0 Å². The van der Waals surface area contributed by atoms with Crippen molar-refractivity contribution in [3.63, 3.8) is 0 Å². The molecular formula is C68H62BN3Se. The number of hydrogen-bond acceptors (Lipinski definition) is 1. The van der Waals surface area contributed by atoms with Crippen LogP contribution >= 0.6 is 0 Å². The van der Waals surface area contributed by atoms with Gasteiger partial charge in [-0.25, -0.2) is 0 Å². The molecule has 5 heteroatoms. The first kappa shape index (κ1) is 44.9. The van der Waals surface area contributed by atoms with E-state index < -0.39 is 0 Å². The van der Waals surface area contributed by atoms with Crippen molar-refractivity contribution in [3.8, 4) is 33.6 Å². The van der Waals surface area contributed by atoms with Crippen molar-refractivity contribution in [1.82, 2.24) is 9.13 Å². The van der Waals surface area contributed by atoms with Gasteiger partial charge in [0.05, 0.1) is 0 Å². The minimum absolute atomic E-state index is 0.0482. The predicted molar refractivity (Wildman–Crippen MR) is 312 cm³/mol. The van der Waals surface area contributed by atoms with E-state index in [2.05, 4.69) is 225 Å². The maximum absolute atomic E-state index is 2.76. The molecule has 0 atom stereocenters. The Bertz CT molecular complexity index is 3800. The molecule has 0 bridgehead atoms. The van der Waals surface area contributed by atoms with Crippen LogP contribution in [0.15, 0.2) is 170 Å². The number of anilines is 3. The summed E-state index contributed by atoms with van der Waals surface area (Å²) in [5.41, 5.74) is 26.9. The van der Waals surface area contributed by atoms with Crippen molar-refractivity contribution < 1.29 is 0 Å². The van der Waals surface area contributed by atoms with Crippen molar-refractivity contribution in [1.29, 1.82) is 0 Å². The van der Waals surface area contributed by atoms with E-state index in [-0.39, 0.29) is 32.5 Å². The van der Waals surface area contributed by atoms with Crippen LogP contribution in [0.5, 0.6) is 0 Å². The number of para-hydroxylation sites is 2. The van der Waals surface area contributed by atoms with Gasteiger partial charge in [-0.15, -0.1) is 0 Å². The van der Waals surface area contributed by atoms with Crippen LogP contribution in [-0.4, -0.2) is 30.8 Å². The molecule has 8 aromatic carbocycles. The Morgan fingerprint density at radius 1 is 0.438 bits per heavy atom. The first-order chi connectivity index (χ1) is 35.5. The molecule has 4 aliphatic rings. The summed E-state index contributed by atoms with van der Waals surface area (Å²) in [4.78, 5) is 2.76. The van der Waals surface area contributed by atoms with Crippen LogP contribution in [0.25, 0.3) is 55.4 Å². The summed E-state index contributed by atoms with van der Waals surface area (Å²) in [6, 6.07) is 66.4. The SMILES string of the molecule is CC(C)(C)c1cc(-c2ccccc2)c(N2c3cc(-n4c5c(c6ccccc64)CCCC5)ccc3B3c4cc(-n5c6c(c7ccccc75)CCCC6)ccc4[Se]c4cc(C(C)(C)C)cc2c43)c(-c2ccccc2)c1. The minimum atomic E-state index is -0.0855. The molecule has 4 heterocycles. The summed E-state index contributed by atoms with van der Waals surface area (Å²) in [6.45, 7) is 14.4. The van der Waals surface area contributed by atoms with E-state index >= 15 is 0 Å². The van der Waals surface area contributed by atoms with Gasteiger partial charge in [-0.05, 0) is 0 Å². The molecule has 10 aromatic rings. The van der Waals surface area contributed by atoms with Crippen LogP contribution in [0, 0.1) is 0 Å². The third-order valence-corrected chi connectivity index (χ3v) is 19.3. The van der Waals surface area contributed by atoms with Crippen molar-refractivity contribution in [2.45, 2.75) is 104 Å². The summed E-state index contributed by atoms with van der Waals surface area (Å²) in [5, 5.41) is 2.83. The molecule has 2 aromatic heterocycles. The van der Waals surface area contributed by atoms with Gasteiger partial charge in [0.1, 0.15) is 0 Å². The van der Waals surface area contributed by atoms with Crippen LogP contribution < -0.4 is 30.2 Å². The topological polar surface area (TPSA) is 13.1 Å². The van der Waals surface area contributed by atoms with Gasteiger partial charge in [-0.2, -0.15) is 0 Å². The van der Waals surface area contributed by atoms with Crippen LogP contribution in [0.3, 0.4) is 0 Å². The molecule has 0 saturated heterocycles. The second-order valence-electron chi connectivity index (χ2n) is 23.4. The van der Waals surface area contributed by atoms with E-state index in [1.165, 1.54) is 152 Å². The average molecular weight is 1010 g/mol. The standard InChI is InChI=1S/C68H62BN3Se/c1-67(2,3)45-37-53(43-21-9-7-10-22-43)66(54(38-45)44-23-11-8-12-24-44)72-61-42-48(71-59-31-19-15-27-51(59)52-28-16-20-32-60(52)71)33-35-55(61)69-56-41-47(70-57-29-17-13-25-49(57)50-26-14-18-30-58(50)70)34-36-63(56)73-64-40-46(68(4,5)6)39-62(72)65(64)69/h7-13,15,17,19,21-25,27,29,31,33-42H,14,16,18,20,26,28,30,32H2,1-6H3. The Labute approximate surface area is 438 Å². The zero-order valence-corrected chi connectivity index (χ0v) is 44.9. The molecule has 14 rings (SSSR count). The van der Waals surface area contributed by atoms with Gasteiger partial charge < -0.3 is 0 Å². The van der Waals surface area contributed by atoms with Crippen molar-refractivity contribution in [2.75, 3.05) is 4.90 Å². The fraction of sp³-hybridized carbons (Fsp3) is 0.235. The second-order valence-corrected chi connectivity index (χ2v) is 25.6. The number of aryl methyl sites for hydroxylation is 2. The first-order valence-electron chi connectivity index (χ1n) is 27.0. The molecule has 2 aliphatic heterocycles. The van der Waals surface area contributed by atoms with Gasteiger partial charge in [-0.1, -0.05) is 0 Å². The van der Waals surface area contributed by atoms with E-state index in [0.29, 0.717) is 0 Å². The van der Waals surface area contributed by atoms with E-state index in [1.54, 1.807) is 5.56 Å². The first-order valence-corrected chi connectivity index (χ1v) is 28.7. The van der Waals surface area contributed by atoms with Crippen molar-refractivity contribution >= 4 is 85.8 Å². The molecule has 2 aliphatic carbocycles. The molecule has 0 amide bonds. The average Bonchev–Trinajstić information content (AvgIpc) is 3.93. The summed E-state index contributed by atoms with van der Waals surface area (Å²) in [7, 11) is 0. The Kier molecular flexibility index (Phi) is 10.4. The van der Waals surface area contributed by atoms with Gasteiger partial charge >= 0.3 is 441 Å². The maximum atomic E-state index is 2.76. The third-order valence-electron chi connectivity index (χ3n) is 16.8. The van der Waals surface area contributed by atoms with Crippen LogP contribution in [0.1, 0.15) is 101 Å².